The molecule has 0 aromatic carbocycles. The maximum atomic E-state index is 12.3. The standard InChI is InChI=1S/C21H24ClN5O2/c1-21(2,3)29-20(28)26-9-8-15(13-26)24-18-6-4-5-16(25-18)17-12-23-19-11-14(22)7-10-27(17)19/h4-7,10-12,15H,8-9,13H2,1-3H3,(H,24,25). The van der Waals surface area contributed by atoms with E-state index < -0.39 is 5.60 Å². The number of hydrogen-bond donors (Lipinski definition) is 1. The van der Waals surface area contributed by atoms with Crippen LogP contribution in [0.3, 0.4) is 0 Å². The van der Waals surface area contributed by atoms with E-state index in [9.17, 15) is 4.79 Å². The summed E-state index contributed by atoms with van der Waals surface area (Å²) in [5.74, 6) is 0.766. The number of likely N-dealkylation sites (tertiary alicyclic amines) is 1. The number of fused-ring (bicyclic) bond motifs is 1. The molecule has 152 valence electrons. The van der Waals surface area contributed by atoms with Crippen LogP contribution in [0.2, 0.25) is 5.02 Å². The Kier molecular flexibility index (Phi) is 5.08. The Labute approximate surface area is 174 Å². The molecule has 1 N–H and O–H groups in total. The maximum absolute atomic E-state index is 12.3. The average Bonchev–Trinajstić information content (AvgIpc) is 3.27. The Morgan fingerprint density at radius 3 is 2.93 bits per heavy atom. The van der Waals surface area contributed by atoms with Crippen LogP contribution < -0.4 is 5.32 Å². The fourth-order valence-electron chi connectivity index (χ4n) is 3.38. The van der Waals surface area contributed by atoms with Crippen LogP contribution in [0.5, 0.6) is 0 Å². The summed E-state index contributed by atoms with van der Waals surface area (Å²) in [5.41, 5.74) is 1.99. The van der Waals surface area contributed by atoms with Gasteiger partial charge in [0.15, 0.2) is 0 Å². The van der Waals surface area contributed by atoms with Gasteiger partial charge in [0, 0.05) is 36.4 Å². The van der Waals surface area contributed by atoms with Crippen molar-refractivity contribution in [3.8, 4) is 11.4 Å². The average molecular weight is 414 g/mol. The van der Waals surface area contributed by atoms with E-state index >= 15 is 0 Å². The van der Waals surface area contributed by atoms with Crippen molar-refractivity contribution in [1.29, 1.82) is 0 Å². The number of carbonyl (C=O) groups is 1. The first-order valence-electron chi connectivity index (χ1n) is 9.63. The number of anilines is 1. The first kappa shape index (κ1) is 19.5. The molecule has 3 aromatic heterocycles. The lowest BCUT2D eigenvalue weighted by molar-refractivity contribution is 0.0293. The minimum Gasteiger partial charge on any atom is -0.444 e. The molecule has 1 aliphatic heterocycles. The highest BCUT2D eigenvalue weighted by Crippen LogP contribution is 2.23. The van der Waals surface area contributed by atoms with Gasteiger partial charge in [0.1, 0.15) is 17.1 Å². The number of carbonyl (C=O) groups excluding carboxylic acids is 1. The van der Waals surface area contributed by atoms with E-state index in [1.807, 2.05) is 61.7 Å². The van der Waals surface area contributed by atoms with Gasteiger partial charge in [-0.15, -0.1) is 0 Å². The molecule has 4 rings (SSSR count). The van der Waals surface area contributed by atoms with E-state index in [4.69, 9.17) is 21.3 Å². The summed E-state index contributed by atoms with van der Waals surface area (Å²) in [6, 6.07) is 9.61. The van der Waals surface area contributed by atoms with Gasteiger partial charge in [0.25, 0.3) is 0 Å². The molecule has 0 bridgehead atoms. The van der Waals surface area contributed by atoms with Crippen molar-refractivity contribution in [2.24, 2.45) is 0 Å². The molecule has 3 aromatic rings. The van der Waals surface area contributed by atoms with Crippen molar-refractivity contribution in [3.63, 3.8) is 0 Å². The monoisotopic (exact) mass is 413 g/mol. The number of halogens is 1. The molecule has 1 fully saturated rings. The Bertz CT molecular complexity index is 1040. The largest absolute Gasteiger partial charge is 0.444 e. The Morgan fingerprint density at radius 1 is 1.31 bits per heavy atom. The normalized spacial score (nSPS) is 17.0. The zero-order valence-corrected chi connectivity index (χ0v) is 17.5. The lowest BCUT2D eigenvalue weighted by Gasteiger charge is -2.24. The van der Waals surface area contributed by atoms with E-state index in [1.54, 1.807) is 11.1 Å². The van der Waals surface area contributed by atoms with Crippen LogP contribution in [-0.4, -0.2) is 50.1 Å². The minimum atomic E-state index is -0.489. The molecule has 1 saturated heterocycles. The van der Waals surface area contributed by atoms with Crippen LogP contribution in [-0.2, 0) is 4.74 Å². The fraction of sp³-hybridized carbons (Fsp3) is 0.381. The predicted octanol–water partition coefficient (Wildman–Crippen LogP) is 4.47. The van der Waals surface area contributed by atoms with E-state index in [1.165, 1.54) is 0 Å². The summed E-state index contributed by atoms with van der Waals surface area (Å²) in [5, 5.41) is 4.08. The van der Waals surface area contributed by atoms with Gasteiger partial charge < -0.3 is 15.0 Å². The van der Waals surface area contributed by atoms with Gasteiger partial charge in [-0.3, -0.25) is 4.40 Å². The van der Waals surface area contributed by atoms with Crippen LogP contribution in [0, 0.1) is 0 Å². The number of amides is 1. The molecule has 1 amide bonds. The van der Waals surface area contributed by atoms with Gasteiger partial charge in [-0.05, 0) is 45.4 Å². The number of hydrogen-bond acceptors (Lipinski definition) is 5. The zero-order chi connectivity index (χ0) is 20.6. The maximum Gasteiger partial charge on any atom is 0.410 e. The van der Waals surface area contributed by atoms with Crippen LogP contribution in [0.1, 0.15) is 27.2 Å². The van der Waals surface area contributed by atoms with Crippen molar-refractivity contribution in [1.82, 2.24) is 19.3 Å². The molecule has 0 spiro atoms. The fourth-order valence-corrected chi connectivity index (χ4v) is 3.54. The second-order valence-electron chi connectivity index (χ2n) is 8.18. The molecule has 29 heavy (non-hydrogen) atoms. The lowest BCUT2D eigenvalue weighted by Crippen LogP contribution is -2.36. The lowest BCUT2D eigenvalue weighted by atomic mass is 10.2. The second-order valence-corrected chi connectivity index (χ2v) is 8.62. The molecule has 0 radical (unpaired) electrons. The first-order chi connectivity index (χ1) is 13.8. The highest BCUT2D eigenvalue weighted by Gasteiger charge is 2.29. The Morgan fingerprint density at radius 2 is 2.14 bits per heavy atom. The number of nitrogens with one attached hydrogen (secondary N) is 1. The van der Waals surface area contributed by atoms with E-state index in [2.05, 4.69) is 10.3 Å². The van der Waals surface area contributed by atoms with Gasteiger partial charge in [0.05, 0.1) is 17.6 Å². The number of imidazole rings is 1. The summed E-state index contributed by atoms with van der Waals surface area (Å²) in [6.07, 6.45) is 4.25. The third-order valence-corrected chi connectivity index (χ3v) is 4.91. The van der Waals surface area contributed by atoms with Crippen molar-refractivity contribution < 1.29 is 9.53 Å². The third kappa shape index (κ3) is 4.45. The molecule has 1 atom stereocenters. The number of nitrogens with zero attached hydrogens (tertiary/aromatic N) is 4. The number of rotatable bonds is 3. The molecular weight excluding hydrogens is 390 g/mol. The first-order valence-corrected chi connectivity index (χ1v) is 10.0. The summed E-state index contributed by atoms with van der Waals surface area (Å²) in [4.78, 5) is 23.1. The Balaban J connectivity index is 1.46. The van der Waals surface area contributed by atoms with Crippen LogP contribution in [0.15, 0.2) is 42.7 Å². The van der Waals surface area contributed by atoms with Gasteiger partial charge in [-0.1, -0.05) is 17.7 Å². The predicted molar refractivity (Wildman–Crippen MR) is 113 cm³/mol. The molecule has 8 heteroatoms. The molecular formula is C21H24ClN5O2. The van der Waals surface area contributed by atoms with Crippen molar-refractivity contribution >= 4 is 29.2 Å². The summed E-state index contributed by atoms with van der Waals surface area (Å²) >= 11 is 6.05. The zero-order valence-electron chi connectivity index (χ0n) is 16.7. The van der Waals surface area contributed by atoms with E-state index in [0.717, 1.165) is 29.3 Å². The second kappa shape index (κ2) is 7.55. The smallest absolute Gasteiger partial charge is 0.410 e. The van der Waals surface area contributed by atoms with E-state index in [-0.39, 0.29) is 12.1 Å². The highest BCUT2D eigenvalue weighted by atomic mass is 35.5. The van der Waals surface area contributed by atoms with Crippen molar-refractivity contribution in [2.75, 3.05) is 18.4 Å². The quantitative estimate of drug-likeness (QED) is 0.685. The summed E-state index contributed by atoms with van der Waals surface area (Å²) < 4.78 is 7.42. The summed E-state index contributed by atoms with van der Waals surface area (Å²) in [7, 11) is 0. The van der Waals surface area contributed by atoms with Crippen LogP contribution >= 0.6 is 11.6 Å². The molecule has 1 aliphatic rings. The molecule has 7 nitrogen and oxygen atoms in total. The number of pyridine rings is 2. The van der Waals surface area contributed by atoms with Gasteiger partial charge in [-0.2, -0.15) is 0 Å². The van der Waals surface area contributed by atoms with Crippen LogP contribution in [0.25, 0.3) is 17.0 Å². The van der Waals surface area contributed by atoms with Crippen molar-refractivity contribution in [2.45, 2.75) is 38.8 Å². The van der Waals surface area contributed by atoms with Gasteiger partial charge in [0.2, 0.25) is 0 Å². The minimum absolute atomic E-state index is 0.131. The number of ether oxygens (including phenoxy) is 1. The highest BCUT2D eigenvalue weighted by molar-refractivity contribution is 6.30. The number of aromatic nitrogens is 3. The summed E-state index contributed by atoms with van der Waals surface area (Å²) in [6.45, 7) is 6.88. The SMILES string of the molecule is CC(C)(C)OC(=O)N1CCC(Nc2cccc(-c3cnc4cc(Cl)ccn34)n2)C1. The topological polar surface area (TPSA) is 71.8 Å². The molecule has 1 unspecified atom stereocenters. The van der Waals surface area contributed by atoms with E-state index in [0.29, 0.717) is 18.1 Å². The molecule has 0 saturated carbocycles. The van der Waals surface area contributed by atoms with Gasteiger partial charge >= 0.3 is 6.09 Å². The molecule has 4 heterocycles. The van der Waals surface area contributed by atoms with Crippen molar-refractivity contribution in [3.05, 3.63) is 47.7 Å². The third-order valence-electron chi connectivity index (χ3n) is 4.68. The Hall–Kier alpha value is -2.80. The molecule has 0 aliphatic carbocycles. The van der Waals surface area contributed by atoms with Gasteiger partial charge in [-0.25, -0.2) is 14.8 Å². The van der Waals surface area contributed by atoms with Crippen LogP contribution in [0.4, 0.5) is 10.6 Å².